The molecule has 0 bridgehead atoms. The fourth-order valence-electron chi connectivity index (χ4n) is 2.28. The van der Waals surface area contributed by atoms with Crippen LogP contribution in [0.25, 0.3) is 0 Å². The van der Waals surface area contributed by atoms with Crippen LogP contribution in [-0.2, 0) is 4.74 Å². The van der Waals surface area contributed by atoms with Crippen molar-refractivity contribution < 1.29 is 9.66 Å². The Balaban J connectivity index is 1.82. The van der Waals surface area contributed by atoms with Gasteiger partial charge < -0.3 is 10.1 Å². The first kappa shape index (κ1) is 14.9. The highest BCUT2D eigenvalue weighted by molar-refractivity contribution is 6.31. The second kappa shape index (κ2) is 7.35. The lowest BCUT2D eigenvalue weighted by molar-refractivity contribution is -0.384. The summed E-state index contributed by atoms with van der Waals surface area (Å²) < 4.78 is 5.73. The van der Waals surface area contributed by atoms with Crippen LogP contribution in [0.4, 0.5) is 11.5 Å². The van der Waals surface area contributed by atoms with Crippen LogP contribution < -0.4 is 5.32 Å². The number of nitrogens with zero attached hydrogens (tertiary/aromatic N) is 3. The van der Waals surface area contributed by atoms with Gasteiger partial charge in [0.1, 0.15) is 6.33 Å². The number of ether oxygens (including phenoxy) is 1. The minimum Gasteiger partial charge on any atom is -0.376 e. The van der Waals surface area contributed by atoms with E-state index < -0.39 is 4.92 Å². The van der Waals surface area contributed by atoms with Crippen molar-refractivity contribution in [1.82, 2.24) is 9.97 Å². The maximum atomic E-state index is 10.9. The highest BCUT2D eigenvalue weighted by atomic mass is 35.5. The number of rotatable bonds is 6. The molecule has 0 saturated heterocycles. The summed E-state index contributed by atoms with van der Waals surface area (Å²) in [5, 5.41) is 13.6. The molecule has 0 atom stereocenters. The molecule has 8 heteroatoms. The van der Waals surface area contributed by atoms with E-state index in [1.807, 2.05) is 0 Å². The standard InChI is InChI=1S/C12H17ClN4O3/c13-11-10(17(18)19)12(16-8-15-11)14-6-7-20-9-4-2-1-3-5-9/h8-9H,1-7H2,(H,14,15,16). The summed E-state index contributed by atoms with van der Waals surface area (Å²) in [6.07, 6.45) is 7.41. The second-order valence-corrected chi connectivity index (χ2v) is 5.03. The topological polar surface area (TPSA) is 90.2 Å². The van der Waals surface area contributed by atoms with Crippen molar-refractivity contribution in [1.29, 1.82) is 0 Å². The minimum absolute atomic E-state index is 0.127. The summed E-state index contributed by atoms with van der Waals surface area (Å²) in [5.74, 6) is 0.127. The predicted molar refractivity (Wildman–Crippen MR) is 75.0 cm³/mol. The molecule has 0 unspecified atom stereocenters. The SMILES string of the molecule is O=[N+]([O-])c1c(Cl)ncnc1NCCOC1CCCCC1. The molecule has 0 amide bonds. The van der Waals surface area contributed by atoms with E-state index in [1.165, 1.54) is 25.6 Å². The maximum Gasteiger partial charge on any atom is 0.348 e. The van der Waals surface area contributed by atoms with Crippen LogP contribution in [0.3, 0.4) is 0 Å². The van der Waals surface area contributed by atoms with E-state index in [4.69, 9.17) is 16.3 Å². The van der Waals surface area contributed by atoms with E-state index >= 15 is 0 Å². The average Bonchev–Trinajstić information content (AvgIpc) is 2.44. The molecule has 7 nitrogen and oxygen atoms in total. The van der Waals surface area contributed by atoms with E-state index in [1.54, 1.807) is 0 Å². The van der Waals surface area contributed by atoms with Gasteiger partial charge in [0.05, 0.1) is 17.6 Å². The van der Waals surface area contributed by atoms with Crippen molar-refractivity contribution in [2.45, 2.75) is 38.2 Å². The van der Waals surface area contributed by atoms with Crippen LogP contribution in [0.2, 0.25) is 5.15 Å². The predicted octanol–water partition coefficient (Wildman–Crippen LogP) is 2.80. The molecule has 1 saturated carbocycles. The van der Waals surface area contributed by atoms with E-state index in [2.05, 4.69) is 15.3 Å². The van der Waals surface area contributed by atoms with Gasteiger partial charge in [0.2, 0.25) is 11.0 Å². The molecule has 1 aliphatic rings. The molecule has 1 N–H and O–H groups in total. The molecular weight excluding hydrogens is 284 g/mol. The van der Waals surface area contributed by atoms with Crippen molar-refractivity contribution in [3.05, 3.63) is 21.6 Å². The molecule has 0 radical (unpaired) electrons. The second-order valence-electron chi connectivity index (χ2n) is 4.68. The number of nitrogens with one attached hydrogen (secondary N) is 1. The molecule has 0 spiro atoms. The first-order chi connectivity index (χ1) is 9.68. The molecule has 2 rings (SSSR count). The third kappa shape index (κ3) is 4.01. The Morgan fingerprint density at radius 2 is 2.15 bits per heavy atom. The van der Waals surface area contributed by atoms with Crippen molar-refractivity contribution in [2.75, 3.05) is 18.5 Å². The molecule has 0 aliphatic heterocycles. The first-order valence-corrected chi connectivity index (χ1v) is 7.06. The van der Waals surface area contributed by atoms with Gasteiger partial charge in [-0.2, -0.15) is 0 Å². The number of nitro groups is 1. The Morgan fingerprint density at radius 3 is 2.85 bits per heavy atom. The van der Waals surface area contributed by atoms with Gasteiger partial charge in [0.25, 0.3) is 0 Å². The Kier molecular flexibility index (Phi) is 5.49. The summed E-state index contributed by atoms with van der Waals surface area (Å²) >= 11 is 5.69. The van der Waals surface area contributed by atoms with Crippen LogP contribution in [0.5, 0.6) is 0 Å². The molecular formula is C12H17ClN4O3. The van der Waals surface area contributed by atoms with Gasteiger partial charge in [-0.1, -0.05) is 30.9 Å². The Hall–Kier alpha value is -1.47. The molecule has 1 aliphatic carbocycles. The van der Waals surface area contributed by atoms with Gasteiger partial charge in [0, 0.05) is 6.54 Å². The summed E-state index contributed by atoms with van der Waals surface area (Å²) in [6.45, 7) is 0.939. The third-order valence-electron chi connectivity index (χ3n) is 3.26. The molecule has 0 aromatic carbocycles. The summed E-state index contributed by atoms with van der Waals surface area (Å²) in [5.41, 5.74) is -0.299. The van der Waals surface area contributed by atoms with Crippen molar-refractivity contribution >= 4 is 23.1 Å². The van der Waals surface area contributed by atoms with Gasteiger partial charge in [-0.05, 0) is 12.8 Å². The largest absolute Gasteiger partial charge is 0.376 e. The van der Waals surface area contributed by atoms with E-state index in [0.717, 1.165) is 12.8 Å². The fraction of sp³-hybridized carbons (Fsp3) is 0.667. The number of anilines is 1. The molecule has 110 valence electrons. The van der Waals surface area contributed by atoms with Crippen LogP contribution in [-0.4, -0.2) is 34.1 Å². The summed E-state index contributed by atoms with van der Waals surface area (Å²) in [4.78, 5) is 17.7. The van der Waals surface area contributed by atoms with Crippen molar-refractivity contribution in [2.24, 2.45) is 0 Å². The zero-order chi connectivity index (χ0) is 14.4. The van der Waals surface area contributed by atoms with E-state index in [-0.39, 0.29) is 16.7 Å². The van der Waals surface area contributed by atoms with Gasteiger partial charge in [-0.15, -0.1) is 0 Å². The zero-order valence-electron chi connectivity index (χ0n) is 11.0. The third-order valence-corrected chi connectivity index (χ3v) is 3.54. The highest BCUT2D eigenvalue weighted by Gasteiger charge is 2.21. The maximum absolute atomic E-state index is 10.9. The molecule has 1 fully saturated rings. The quantitative estimate of drug-likeness (QED) is 0.376. The fourth-order valence-corrected chi connectivity index (χ4v) is 2.48. The molecule has 1 heterocycles. The number of aromatic nitrogens is 2. The first-order valence-electron chi connectivity index (χ1n) is 6.69. The number of hydrogen-bond acceptors (Lipinski definition) is 6. The Labute approximate surface area is 121 Å². The normalized spacial score (nSPS) is 16.1. The average molecular weight is 301 g/mol. The minimum atomic E-state index is -0.591. The smallest absolute Gasteiger partial charge is 0.348 e. The molecule has 1 aromatic heterocycles. The van der Waals surface area contributed by atoms with Crippen molar-refractivity contribution in [3.63, 3.8) is 0 Å². The lowest BCUT2D eigenvalue weighted by Gasteiger charge is -2.22. The summed E-state index contributed by atoms with van der Waals surface area (Å²) in [7, 11) is 0. The highest BCUT2D eigenvalue weighted by Crippen LogP contribution is 2.28. The number of halogens is 1. The lowest BCUT2D eigenvalue weighted by atomic mass is 9.98. The van der Waals surface area contributed by atoms with Crippen LogP contribution >= 0.6 is 11.6 Å². The van der Waals surface area contributed by atoms with E-state index in [0.29, 0.717) is 19.3 Å². The van der Waals surface area contributed by atoms with Gasteiger partial charge in [-0.3, -0.25) is 10.1 Å². The van der Waals surface area contributed by atoms with Crippen LogP contribution in [0.15, 0.2) is 6.33 Å². The van der Waals surface area contributed by atoms with E-state index in [9.17, 15) is 10.1 Å². The Bertz CT molecular complexity index is 466. The monoisotopic (exact) mass is 300 g/mol. The van der Waals surface area contributed by atoms with Crippen LogP contribution in [0.1, 0.15) is 32.1 Å². The number of hydrogen-bond donors (Lipinski definition) is 1. The summed E-state index contributed by atoms with van der Waals surface area (Å²) in [6, 6.07) is 0. The van der Waals surface area contributed by atoms with Gasteiger partial charge in [0.15, 0.2) is 0 Å². The zero-order valence-corrected chi connectivity index (χ0v) is 11.8. The van der Waals surface area contributed by atoms with Crippen molar-refractivity contribution in [3.8, 4) is 0 Å². The Morgan fingerprint density at radius 1 is 1.40 bits per heavy atom. The van der Waals surface area contributed by atoms with Gasteiger partial charge in [-0.25, -0.2) is 9.97 Å². The molecule has 1 aromatic rings. The molecule has 20 heavy (non-hydrogen) atoms. The van der Waals surface area contributed by atoms with Gasteiger partial charge >= 0.3 is 5.69 Å². The lowest BCUT2D eigenvalue weighted by Crippen LogP contribution is -2.21. The van der Waals surface area contributed by atoms with Crippen LogP contribution in [0, 0.1) is 10.1 Å².